The lowest BCUT2D eigenvalue weighted by Crippen LogP contribution is -2.45. The van der Waals surface area contributed by atoms with Gasteiger partial charge in [-0.15, -0.1) is 0 Å². The van der Waals surface area contributed by atoms with Gasteiger partial charge in [-0.05, 0) is 56.5 Å². The summed E-state index contributed by atoms with van der Waals surface area (Å²) in [6.07, 6.45) is 1.71. The number of benzene rings is 2. The molecule has 0 saturated carbocycles. The van der Waals surface area contributed by atoms with E-state index in [1.54, 1.807) is 14.0 Å². The largest absolute Gasteiger partial charge is 0.503 e. The zero-order valence-corrected chi connectivity index (χ0v) is 22.9. The van der Waals surface area contributed by atoms with Crippen LogP contribution in [0.3, 0.4) is 0 Å². The summed E-state index contributed by atoms with van der Waals surface area (Å²) in [5.41, 5.74) is 0.854. The predicted molar refractivity (Wildman–Crippen MR) is 146 cm³/mol. The van der Waals surface area contributed by atoms with Crippen molar-refractivity contribution in [1.82, 2.24) is 10.3 Å². The number of carbonyl (C=O) groups is 2. The van der Waals surface area contributed by atoms with Gasteiger partial charge < -0.3 is 29.4 Å². The van der Waals surface area contributed by atoms with Crippen molar-refractivity contribution in [2.24, 2.45) is 5.92 Å². The van der Waals surface area contributed by atoms with E-state index in [9.17, 15) is 14.7 Å². The molecule has 3 aromatic rings. The Balaban J connectivity index is 1.73. The second-order valence-electron chi connectivity index (χ2n) is 9.16. The molecular formula is C30H36N2O7. The Bertz CT molecular complexity index is 1220. The summed E-state index contributed by atoms with van der Waals surface area (Å²) in [5, 5.41) is 12.8. The molecule has 1 amide bonds. The summed E-state index contributed by atoms with van der Waals surface area (Å²) in [5.74, 6) is -0.219. The second-order valence-corrected chi connectivity index (χ2v) is 9.16. The number of aromatic hydroxyl groups is 1. The fraction of sp³-hybridized carbons (Fsp3) is 0.367. The molecule has 208 valence electrons. The van der Waals surface area contributed by atoms with E-state index in [0.717, 1.165) is 17.7 Å². The first-order chi connectivity index (χ1) is 18.8. The van der Waals surface area contributed by atoms with Crippen LogP contribution in [0.5, 0.6) is 23.0 Å². The Hall–Kier alpha value is -4.27. The minimum absolute atomic E-state index is 0.0178. The number of aromatic nitrogens is 1. The molecule has 0 aliphatic rings. The predicted octanol–water partition coefficient (Wildman–Crippen LogP) is 4.57. The molecule has 0 radical (unpaired) electrons. The van der Waals surface area contributed by atoms with Gasteiger partial charge in [0.1, 0.15) is 29.7 Å². The number of amides is 1. The quantitative estimate of drug-likeness (QED) is 0.305. The first kappa shape index (κ1) is 29.3. The van der Waals surface area contributed by atoms with Crippen LogP contribution in [0.25, 0.3) is 0 Å². The van der Waals surface area contributed by atoms with Gasteiger partial charge in [0.05, 0.1) is 14.2 Å². The number of hydrogen-bond acceptors (Lipinski definition) is 8. The second kappa shape index (κ2) is 14.0. The van der Waals surface area contributed by atoms with Crippen LogP contribution in [-0.2, 0) is 16.0 Å². The molecule has 3 rings (SSSR count). The van der Waals surface area contributed by atoms with Gasteiger partial charge in [-0.25, -0.2) is 9.78 Å². The molecule has 2 aromatic carbocycles. The molecule has 4 atom stereocenters. The fourth-order valence-corrected chi connectivity index (χ4v) is 4.23. The third-order valence-electron chi connectivity index (χ3n) is 6.45. The van der Waals surface area contributed by atoms with Crippen molar-refractivity contribution in [3.63, 3.8) is 0 Å². The molecule has 2 N–H and O–H groups in total. The SMILES string of the molecule is CC[C@H](Cc1ccc(OC)cc1)[C@@H](Oc1ccccc1)[C@H](C)OC(=O)[C@H](C)NC(=O)c1nccc(OC)c1O. The third kappa shape index (κ3) is 7.86. The summed E-state index contributed by atoms with van der Waals surface area (Å²) in [6.45, 7) is 5.36. The van der Waals surface area contributed by atoms with E-state index >= 15 is 0 Å². The summed E-state index contributed by atoms with van der Waals surface area (Å²) < 4.78 is 22.5. The van der Waals surface area contributed by atoms with Crippen LogP contribution in [0.15, 0.2) is 66.9 Å². The lowest BCUT2D eigenvalue weighted by Gasteiger charge is -2.32. The van der Waals surface area contributed by atoms with Crippen molar-refractivity contribution in [1.29, 1.82) is 0 Å². The molecule has 0 aliphatic carbocycles. The first-order valence-corrected chi connectivity index (χ1v) is 12.8. The van der Waals surface area contributed by atoms with E-state index in [1.807, 2.05) is 54.6 Å². The van der Waals surface area contributed by atoms with E-state index in [1.165, 1.54) is 26.3 Å². The normalized spacial score (nSPS) is 13.9. The number of esters is 1. The maximum absolute atomic E-state index is 13.0. The number of methoxy groups -OCH3 is 2. The van der Waals surface area contributed by atoms with Gasteiger partial charge in [-0.3, -0.25) is 4.79 Å². The van der Waals surface area contributed by atoms with Crippen LogP contribution in [0.4, 0.5) is 0 Å². The average molecular weight is 537 g/mol. The highest BCUT2D eigenvalue weighted by Gasteiger charge is 2.32. The van der Waals surface area contributed by atoms with E-state index in [2.05, 4.69) is 17.2 Å². The van der Waals surface area contributed by atoms with Gasteiger partial charge in [0.2, 0.25) is 0 Å². The van der Waals surface area contributed by atoms with Crippen molar-refractivity contribution >= 4 is 11.9 Å². The minimum Gasteiger partial charge on any atom is -0.503 e. The summed E-state index contributed by atoms with van der Waals surface area (Å²) in [6, 6.07) is 17.7. The Labute approximate surface area is 229 Å². The number of para-hydroxylation sites is 1. The van der Waals surface area contributed by atoms with Crippen molar-refractivity contribution < 1.29 is 33.6 Å². The molecule has 39 heavy (non-hydrogen) atoms. The number of ether oxygens (including phenoxy) is 4. The van der Waals surface area contributed by atoms with Crippen molar-refractivity contribution in [2.75, 3.05) is 14.2 Å². The summed E-state index contributed by atoms with van der Waals surface area (Å²) in [7, 11) is 2.99. The molecule has 0 fully saturated rings. The molecule has 0 bridgehead atoms. The van der Waals surface area contributed by atoms with E-state index in [-0.39, 0.29) is 17.4 Å². The van der Waals surface area contributed by atoms with Gasteiger partial charge in [-0.1, -0.05) is 37.3 Å². The van der Waals surface area contributed by atoms with Crippen molar-refractivity contribution in [3.8, 4) is 23.0 Å². The Morgan fingerprint density at radius 2 is 1.64 bits per heavy atom. The van der Waals surface area contributed by atoms with Crippen LogP contribution in [-0.4, -0.2) is 54.4 Å². The molecule has 0 saturated heterocycles. The van der Waals surface area contributed by atoms with Crippen molar-refractivity contribution in [2.45, 2.75) is 51.9 Å². The fourth-order valence-electron chi connectivity index (χ4n) is 4.23. The monoisotopic (exact) mass is 536 g/mol. The van der Waals surface area contributed by atoms with Crippen molar-refractivity contribution in [3.05, 3.63) is 78.1 Å². The van der Waals surface area contributed by atoms with Gasteiger partial charge in [0.25, 0.3) is 5.91 Å². The lowest BCUT2D eigenvalue weighted by atomic mass is 9.89. The van der Waals surface area contributed by atoms with Gasteiger partial charge in [-0.2, -0.15) is 0 Å². The number of pyridine rings is 1. The van der Waals surface area contributed by atoms with Crippen LogP contribution >= 0.6 is 0 Å². The maximum atomic E-state index is 13.0. The molecule has 0 unspecified atom stereocenters. The average Bonchev–Trinajstić information content (AvgIpc) is 2.95. The van der Waals surface area contributed by atoms with Gasteiger partial charge in [0.15, 0.2) is 17.2 Å². The summed E-state index contributed by atoms with van der Waals surface area (Å²) >= 11 is 0. The number of rotatable bonds is 13. The maximum Gasteiger partial charge on any atom is 0.328 e. The molecule has 9 heteroatoms. The minimum atomic E-state index is -1.01. The highest BCUT2D eigenvalue weighted by Crippen LogP contribution is 2.28. The highest BCUT2D eigenvalue weighted by atomic mass is 16.6. The zero-order valence-electron chi connectivity index (χ0n) is 22.9. The van der Waals surface area contributed by atoms with Gasteiger partial charge in [0, 0.05) is 18.2 Å². The topological polar surface area (TPSA) is 116 Å². The molecule has 0 aliphatic heterocycles. The molecule has 1 heterocycles. The number of nitrogens with one attached hydrogen (secondary N) is 1. The lowest BCUT2D eigenvalue weighted by molar-refractivity contribution is -0.156. The number of nitrogens with zero attached hydrogens (tertiary/aromatic N) is 1. The highest BCUT2D eigenvalue weighted by molar-refractivity contribution is 5.97. The molecule has 0 spiro atoms. The first-order valence-electron chi connectivity index (χ1n) is 12.8. The Morgan fingerprint density at radius 3 is 2.26 bits per heavy atom. The summed E-state index contributed by atoms with van der Waals surface area (Å²) in [4.78, 5) is 29.6. The Kier molecular flexibility index (Phi) is 10.5. The Morgan fingerprint density at radius 1 is 0.949 bits per heavy atom. The third-order valence-corrected chi connectivity index (χ3v) is 6.45. The van der Waals surface area contributed by atoms with Gasteiger partial charge >= 0.3 is 5.97 Å². The molecular weight excluding hydrogens is 500 g/mol. The van der Waals surface area contributed by atoms with E-state index in [4.69, 9.17) is 18.9 Å². The zero-order chi connectivity index (χ0) is 28.4. The van der Waals surface area contributed by atoms with Crippen LogP contribution in [0.1, 0.15) is 43.2 Å². The standard InChI is InChI=1S/C30H36N2O7/c1-6-22(18-21-12-14-23(36-4)15-13-21)28(39-24-10-8-7-9-11-24)20(3)38-30(35)19(2)32-29(34)26-27(33)25(37-5)16-17-31-26/h7-17,19-20,22,28,33H,6,18H2,1-5H3,(H,32,34)/t19-,20-,22+,28-/m0/s1. The molecule has 1 aromatic heterocycles. The van der Waals surface area contributed by atoms with E-state index < -0.39 is 35.9 Å². The van der Waals surface area contributed by atoms with Crippen LogP contribution < -0.4 is 19.5 Å². The number of hydrogen-bond donors (Lipinski definition) is 2. The van der Waals surface area contributed by atoms with Crippen LogP contribution in [0, 0.1) is 5.92 Å². The number of carbonyl (C=O) groups excluding carboxylic acids is 2. The van der Waals surface area contributed by atoms with E-state index in [0.29, 0.717) is 12.2 Å². The van der Waals surface area contributed by atoms with Crippen LogP contribution in [0.2, 0.25) is 0 Å². The molecule has 9 nitrogen and oxygen atoms in total. The smallest absolute Gasteiger partial charge is 0.328 e.